The first-order valence-electron chi connectivity index (χ1n) is 10.3. The van der Waals surface area contributed by atoms with Gasteiger partial charge in [0, 0.05) is 22.7 Å². The van der Waals surface area contributed by atoms with Crippen LogP contribution in [0, 0.1) is 13.8 Å². The number of nitrogens with one attached hydrogen (secondary N) is 3. The molecular formula is C24H25ClN4O4. The summed E-state index contributed by atoms with van der Waals surface area (Å²) in [5, 5.41) is 14.9. The Labute approximate surface area is 195 Å². The fourth-order valence-electron chi connectivity index (χ4n) is 3.50. The average molecular weight is 469 g/mol. The van der Waals surface area contributed by atoms with Crippen molar-refractivity contribution in [1.82, 2.24) is 10.3 Å². The SMILES string of the molecule is Cc1ccc([C@H](CC(=O)O)NC(=O)Nc2c(N)c(Cc3ccccc3Cl)c(C)[nH]c2=O)cc1. The third-order valence-electron chi connectivity index (χ3n) is 5.30. The second-order valence-electron chi connectivity index (χ2n) is 7.77. The van der Waals surface area contributed by atoms with Gasteiger partial charge in [0.2, 0.25) is 0 Å². The number of nitrogen functional groups attached to an aromatic ring is 1. The van der Waals surface area contributed by atoms with Crippen LogP contribution in [0.4, 0.5) is 16.2 Å². The molecule has 33 heavy (non-hydrogen) atoms. The highest BCUT2D eigenvalue weighted by Gasteiger charge is 2.21. The van der Waals surface area contributed by atoms with Crippen LogP contribution < -0.4 is 21.9 Å². The molecule has 3 aromatic rings. The molecule has 1 atom stereocenters. The van der Waals surface area contributed by atoms with Gasteiger partial charge in [0.15, 0.2) is 0 Å². The van der Waals surface area contributed by atoms with E-state index in [2.05, 4.69) is 15.6 Å². The van der Waals surface area contributed by atoms with Gasteiger partial charge in [-0.25, -0.2) is 4.79 Å². The van der Waals surface area contributed by atoms with Crippen LogP contribution in [-0.4, -0.2) is 22.1 Å². The Bertz CT molecular complexity index is 1240. The van der Waals surface area contributed by atoms with E-state index in [1.807, 2.05) is 37.3 Å². The predicted octanol–water partition coefficient (Wildman–Crippen LogP) is 4.16. The molecule has 172 valence electrons. The third-order valence-corrected chi connectivity index (χ3v) is 5.67. The zero-order chi connectivity index (χ0) is 24.1. The summed E-state index contributed by atoms with van der Waals surface area (Å²) in [5.74, 6) is -1.07. The molecule has 0 radical (unpaired) electrons. The summed E-state index contributed by atoms with van der Waals surface area (Å²) in [5.41, 5.74) is 9.35. The minimum atomic E-state index is -1.07. The summed E-state index contributed by atoms with van der Waals surface area (Å²) < 4.78 is 0. The molecule has 1 heterocycles. The Morgan fingerprint density at radius 3 is 2.42 bits per heavy atom. The number of anilines is 2. The molecule has 0 spiro atoms. The summed E-state index contributed by atoms with van der Waals surface area (Å²) >= 11 is 6.26. The standard InChI is InChI=1S/C24H25ClN4O4/c1-13-7-9-15(10-8-13)19(12-20(30)31)28-24(33)29-22-21(26)17(14(2)27-23(22)32)11-16-5-3-4-6-18(16)25/h3-10,19H,11-12H2,1-2H3,(H,30,31)(H3,26,27,32)(H2,28,29,33)/t19-/m0/s1. The lowest BCUT2D eigenvalue weighted by molar-refractivity contribution is -0.137. The topological polar surface area (TPSA) is 137 Å². The van der Waals surface area contributed by atoms with E-state index < -0.39 is 23.6 Å². The number of halogens is 1. The molecule has 9 heteroatoms. The highest BCUT2D eigenvalue weighted by Crippen LogP contribution is 2.27. The van der Waals surface area contributed by atoms with Gasteiger partial charge in [0.05, 0.1) is 18.2 Å². The minimum Gasteiger partial charge on any atom is -0.481 e. The van der Waals surface area contributed by atoms with Crippen molar-refractivity contribution < 1.29 is 14.7 Å². The molecule has 0 aliphatic rings. The smallest absolute Gasteiger partial charge is 0.319 e. The molecule has 2 amide bonds. The Balaban J connectivity index is 1.86. The number of rotatable bonds is 7. The number of hydrogen-bond acceptors (Lipinski definition) is 4. The maximum Gasteiger partial charge on any atom is 0.319 e. The van der Waals surface area contributed by atoms with Crippen molar-refractivity contribution in [3.63, 3.8) is 0 Å². The van der Waals surface area contributed by atoms with Crippen LogP contribution in [-0.2, 0) is 11.2 Å². The summed E-state index contributed by atoms with van der Waals surface area (Å²) in [6.45, 7) is 3.62. The number of aliphatic carboxylic acids is 1. The van der Waals surface area contributed by atoms with Crippen molar-refractivity contribution >= 4 is 35.0 Å². The van der Waals surface area contributed by atoms with E-state index in [0.29, 0.717) is 28.3 Å². The van der Waals surface area contributed by atoms with Gasteiger partial charge in [-0.05, 0) is 31.0 Å². The number of hydrogen-bond donors (Lipinski definition) is 5. The Kier molecular flexibility index (Phi) is 7.40. The van der Waals surface area contributed by atoms with Crippen molar-refractivity contribution in [1.29, 1.82) is 0 Å². The first kappa shape index (κ1) is 23.9. The van der Waals surface area contributed by atoms with Crippen LogP contribution in [0.5, 0.6) is 0 Å². The first-order chi connectivity index (χ1) is 15.7. The highest BCUT2D eigenvalue weighted by atomic mass is 35.5. The summed E-state index contributed by atoms with van der Waals surface area (Å²) in [7, 11) is 0. The molecule has 0 fully saturated rings. The number of carbonyl (C=O) groups excluding carboxylic acids is 1. The largest absolute Gasteiger partial charge is 0.481 e. The van der Waals surface area contributed by atoms with E-state index in [0.717, 1.165) is 11.1 Å². The number of aromatic nitrogens is 1. The molecule has 3 rings (SSSR count). The number of carboxylic acids is 1. The van der Waals surface area contributed by atoms with Crippen molar-refractivity contribution in [2.75, 3.05) is 11.1 Å². The van der Waals surface area contributed by atoms with E-state index in [4.69, 9.17) is 17.3 Å². The number of urea groups is 1. The number of benzene rings is 2. The molecule has 0 aliphatic heterocycles. The summed E-state index contributed by atoms with van der Waals surface area (Å²) in [4.78, 5) is 39.3. The molecule has 0 saturated carbocycles. The van der Waals surface area contributed by atoms with Gasteiger partial charge in [-0.1, -0.05) is 59.6 Å². The fourth-order valence-corrected chi connectivity index (χ4v) is 3.70. The predicted molar refractivity (Wildman–Crippen MR) is 129 cm³/mol. The number of nitrogens with two attached hydrogens (primary N) is 1. The molecule has 0 unspecified atom stereocenters. The van der Waals surface area contributed by atoms with Crippen molar-refractivity contribution in [2.45, 2.75) is 32.7 Å². The number of aromatic amines is 1. The lowest BCUT2D eigenvalue weighted by Crippen LogP contribution is -2.36. The van der Waals surface area contributed by atoms with Gasteiger partial charge in [-0.2, -0.15) is 0 Å². The molecule has 1 aromatic heterocycles. The van der Waals surface area contributed by atoms with Gasteiger partial charge in [-0.3, -0.25) is 9.59 Å². The fraction of sp³-hybridized carbons (Fsp3) is 0.208. The molecule has 8 nitrogen and oxygen atoms in total. The van der Waals surface area contributed by atoms with Crippen molar-refractivity contribution in [3.05, 3.63) is 91.9 Å². The minimum absolute atomic E-state index is 0.113. The number of amides is 2. The van der Waals surface area contributed by atoms with E-state index >= 15 is 0 Å². The molecular weight excluding hydrogens is 444 g/mol. The molecule has 0 saturated heterocycles. The van der Waals surface area contributed by atoms with E-state index in [9.17, 15) is 19.5 Å². The highest BCUT2D eigenvalue weighted by molar-refractivity contribution is 6.31. The second kappa shape index (κ2) is 10.2. The van der Waals surface area contributed by atoms with E-state index in [1.165, 1.54) is 0 Å². The lowest BCUT2D eigenvalue weighted by Gasteiger charge is -2.19. The van der Waals surface area contributed by atoms with Crippen molar-refractivity contribution in [2.24, 2.45) is 0 Å². The van der Waals surface area contributed by atoms with Gasteiger partial charge in [0.25, 0.3) is 5.56 Å². The molecule has 6 N–H and O–H groups in total. The zero-order valence-electron chi connectivity index (χ0n) is 18.2. The van der Waals surface area contributed by atoms with Crippen molar-refractivity contribution in [3.8, 4) is 0 Å². The normalized spacial score (nSPS) is 11.6. The maximum absolute atomic E-state index is 12.7. The number of carbonyl (C=O) groups is 2. The Hall–Kier alpha value is -3.78. The van der Waals surface area contributed by atoms with Gasteiger partial charge < -0.3 is 26.5 Å². The number of H-pyrrole nitrogens is 1. The number of pyridine rings is 1. The summed E-state index contributed by atoms with van der Waals surface area (Å²) in [6.07, 6.45) is 0.0311. The lowest BCUT2D eigenvalue weighted by atomic mass is 10.0. The third kappa shape index (κ3) is 5.93. The average Bonchev–Trinajstić information content (AvgIpc) is 2.75. The van der Waals surface area contributed by atoms with E-state index in [1.54, 1.807) is 25.1 Å². The second-order valence-corrected chi connectivity index (χ2v) is 8.18. The maximum atomic E-state index is 12.7. The molecule has 0 bridgehead atoms. The van der Waals surface area contributed by atoms with Crippen LogP contribution in [0.3, 0.4) is 0 Å². The van der Waals surface area contributed by atoms with Crippen LogP contribution >= 0.6 is 11.6 Å². The summed E-state index contributed by atoms with van der Waals surface area (Å²) in [6, 6.07) is 12.9. The van der Waals surface area contributed by atoms with Gasteiger partial charge >= 0.3 is 12.0 Å². The monoisotopic (exact) mass is 468 g/mol. The molecule has 2 aromatic carbocycles. The Morgan fingerprint density at radius 1 is 1.12 bits per heavy atom. The van der Waals surface area contributed by atoms with Crippen LogP contribution in [0.25, 0.3) is 0 Å². The zero-order valence-corrected chi connectivity index (χ0v) is 19.0. The quantitative estimate of drug-likeness (QED) is 0.354. The molecule has 0 aliphatic carbocycles. The van der Waals surface area contributed by atoms with Gasteiger partial charge in [0.1, 0.15) is 5.69 Å². The Morgan fingerprint density at radius 2 is 1.79 bits per heavy atom. The van der Waals surface area contributed by atoms with E-state index in [-0.39, 0.29) is 17.8 Å². The number of aryl methyl sites for hydroxylation is 2. The number of carboxylic acid groups (broad SMARTS) is 1. The van der Waals surface area contributed by atoms with Crippen LogP contribution in [0.15, 0.2) is 53.3 Å². The first-order valence-corrected chi connectivity index (χ1v) is 10.6. The van der Waals surface area contributed by atoms with Crippen LogP contribution in [0.1, 0.15) is 40.4 Å². The van der Waals surface area contributed by atoms with Crippen LogP contribution in [0.2, 0.25) is 5.02 Å². The van der Waals surface area contributed by atoms with Gasteiger partial charge in [-0.15, -0.1) is 0 Å².